The molecule has 0 fully saturated rings. The first kappa shape index (κ1) is 15.4. The fraction of sp³-hybridized carbons (Fsp3) is 0.438. The van der Waals surface area contributed by atoms with Crippen LogP contribution in [0.15, 0.2) is 30.5 Å². The predicted octanol–water partition coefficient (Wildman–Crippen LogP) is 2.62. The molecule has 0 amide bonds. The van der Waals surface area contributed by atoms with Crippen molar-refractivity contribution < 1.29 is 9.84 Å². The second kappa shape index (κ2) is 6.18. The van der Waals surface area contributed by atoms with Crippen LogP contribution in [0.1, 0.15) is 37.3 Å². The quantitative estimate of drug-likeness (QED) is 0.919. The van der Waals surface area contributed by atoms with E-state index in [1.54, 1.807) is 18.0 Å². The van der Waals surface area contributed by atoms with E-state index >= 15 is 0 Å². The Morgan fingerprint density at radius 2 is 1.81 bits per heavy atom. The van der Waals surface area contributed by atoms with Crippen molar-refractivity contribution in [1.82, 2.24) is 9.78 Å². The highest BCUT2D eigenvalue weighted by Crippen LogP contribution is 2.32. The van der Waals surface area contributed by atoms with Crippen LogP contribution >= 0.6 is 0 Å². The fourth-order valence-corrected chi connectivity index (χ4v) is 2.30. The van der Waals surface area contributed by atoms with Crippen LogP contribution in [-0.2, 0) is 0 Å². The molecule has 0 aliphatic rings. The first-order valence-corrected chi connectivity index (χ1v) is 7.02. The molecule has 0 bridgehead atoms. The van der Waals surface area contributed by atoms with Crippen molar-refractivity contribution in [2.45, 2.75) is 26.0 Å². The van der Waals surface area contributed by atoms with Gasteiger partial charge in [0.15, 0.2) is 5.75 Å². The number of nitrogens with zero attached hydrogens (tertiary/aromatic N) is 3. The molecule has 1 aromatic heterocycles. The van der Waals surface area contributed by atoms with E-state index in [1.165, 1.54) is 0 Å². The van der Waals surface area contributed by atoms with E-state index in [0.29, 0.717) is 11.4 Å². The number of rotatable bonds is 5. The number of hydrogen-bond acceptors (Lipinski definition) is 4. The molecule has 5 nitrogen and oxygen atoms in total. The number of ether oxygens (including phenoxy) is 1. The summed E-state index contributed by atoms with van der Waals surface area (Å²) in [5.74, 6) is 0.605. The van der Waals surface area contributed by atoms with Crippen molar-refractivity contribution in [3.8, 4) is 5.75 Å². The van der Waals surface area contributed by atoms with Crippen molar-refractivity contribution in [2.75, 3.05) is 26.1 Å². The van der Waals surface area contributed by atoms with Gasteiger partial charge >= 0.3 is 0 Å². The van der Waals surface area contributed by atoms with Gasteiger partial charge in [0.1, 0.15) is 11.8 Å². The molecule has 1 aromatic carbocycles. The largest absolute Gasteiger partial charge is 0.493 e. The molecule has 1 heterocycles. The summed E-state index contributed by atoms with van der Waals surface area (Å²) in [6, 6.07) is 7.98. The molecule has 0 saturated heterocycles. The monoisotopic (exact) mass is 289 g/mol. The fourth-order valence-electron chi connectivity index (χ4n) is 2.30. The Morgan fingerprint density at radius 1 is 1.19 bits per heavy atom. The lowest BCUT2D eigenvalue weighted by Gasteiger charge is -2.18. The lowest BCUT2D eigenvalue weighted by atomic mass is 10.1. The third-order valence-electron chi connectivity index (χ3n) is 3.49. The molecule has 5 heteroatoms. The standard InChI is InChI=1S/C16H23N3O2/c1-11(2)19-15(14(21-5)10-17-19)16(20)12-6-8-13(9-7-12)18(3)4/h6-11,16,20H,1-5H3. The average Bonchev–Trinajstić information content (AvgIpc) is 2.90. The molecular weight excluding hydrogens is 266 g/mol. The van der Waals surface area contributed by atoms with E-state index in [-0.39, 0.29) is 6.04 Å². The van der Waals surface area contributed by atoms with Crippen molar-refractivity contribution in [1.29, 1.82) is 0 Å². The van der Waals surface area contributed by atoms with Crippen LogP contribution in [0.5, 0.6) is 5.75 Å². The second-order valence-electron chi connectivity index (χ2n) is 5.52. The van der Waals surface area contributed by atoms with E-state index < -0.39 is 6.10 Å². The van der Waals surface area contributed by atoms with Gasteiger partial charge in [-0.05, 0) is 31.5 Å². The number of aliphatic hydroxyl groups is 1. The average molecular weight is 289 g/mol. The Hall–Kier alpha value is -2.01. The van der Waals surface area contributed by atoms with Crippen molar-refractivity contribution in [3.05, 3.63) is 41.7 Å². The molecule has 1 unspecified atom stereocenters. The zero-order valence-electron chi connectivity index (χ0n) is 13.2. The minimum Gasteiger partial charge on any atom is -0.493 e. The Labute approximate surface area is 125 Å². The SMILES string of the molecule is COc1cnn(C(C)C)c1C(O)c1ccc(N(C)C)cc1. The summed E-state index contributed by atoms with van der Waals surface area (Å²) in [5.41, 5.74) is 2.60. The van der Waals surface area contributed by atoms with Gasteiger partial charge in [0.05, 0.1) is 13.3 Å². The highest BCUT2D eigenvalue weighted by atomic mass is 16.5. The molecule has 1 N–H and O–H groups in total. The molecule has 0 spiro atoms. The number of aromatic nitrogens is 2. The van der Waals surface area contributed by atoms with Crippen LogP contribution in [0, 0.1) is 0 Å². The molecule has 2 rings (SSSR count). The summed E-state index contributed by atoms with van der Waals surface area (Å²) in [4.78, 5) is 2.02. The number of methoxy groups -OCH3 is 1. The van der Waals surface area contributed by atoms with Gasteiger partial charge in [-0.2, -0.15) is 5.10 Å². The topological polar surface area (TPSA) is 50.5 Å². The van der Waals surface area contributed by atoms with E-state index in [0.717, 1.165) is 11.3 Å². The minimum absolute atomic E-state index is 0.152. The highest BCUT2D eigenvalue weighted by Gasteiger charge is 2.22. The smallest absolute Gasteiger partial charge is 0.163 e. The van der Waals surface area contributed by atoms with Gasteiger partial charge in [0.25, 0.3) is 0 Å². The number of hydrogen-bond donors (Lipinski definition) is 1. The first-order valence-electron chi connectivity index (χ1n) is 7.02. The summed E-state index contributed by atoms with van der Waals surface area (Å²) in [6.45, 7) is 4.05. The van der Waals surface area contributed by atoms with Crippen molar-refractivity contribution in [2.24, 2.45) is 0 Å². The van der Waals surface area contributed by atoms with Crippen LogP contribution in [0.2, 0.25) is 0 Å². The molecule has 0 radical (unpaired) electrons. The molecule has 2 aromatic rings. The Kier molecular flexibility index (Phi) is 4.53. The maximum Gasteiger partial charge on any atom is 0.163 e. The zero-order chi connectivity index (χ0) is 15.6. The van der Waals surface area contributed by atoms with Gasteiger partial charge in [-0.3, -0.25) is 4.68 Å². The molecule has 0 aliphatic carbocycles. The molecular formula is C16H23N3O2. The zero-order valence-corrected chi connectivity index (χ0v) is 13.2. The first-order chi connectivity index (χ1) is 9.95. The normalized spacial score (nSPS) is 12.5. The Morgan fingerprint density at radius 3 is 2.29 bits per heavy atom. The van der Waals surface area contributed by atoms with Crippen molar-refractivity contribution in [3.63, 3.8) is 0 Å². The van der Waals surface area contributed by atoms with Gasteiger partial charge in [0.2, 0.25) is 0 Å². The van der Waals surface area contributed by atoms with Crippen molar-refractivity contribution >= 4 is 5.69 Å². The number of anilines is 1. The molecule has 21 heavy (non-hydrogen) atoms. The van der Waals surface area contributed by atoms with E-state index in [9.17, 15) is 5.11 Å². The van der Waals surface area contributed by atoms with Crippen LogP contribution in [0.25, 0.3) is 0 Å². The molecule has 0 saturated carbocycles. The number of aliphatic hydroxyl groups excluding tert-OH is 1. The van der Waals surface area contributed by atoms with E-state index in [1.807, 2.05) is 57.1 Å². The predicted molar refractivity (Wildman–Crippen MR) is 84.0 cm³/mol. The summed E-state index contributed by atoms with van der Waals surface area (Å²) < 4.78 is 7.12. The number of benzene rings is 1. The van der Waals surface area contributed by atoms with Crippen LogP contribution < -0.4 is 9.64 Å². The molecule has 1 atom stereocenters. The van der Waals surface area contributed by atoms with Crippen LogP contribution in [-0.4, -0.2) is 36.1 Å². The maximum atomic E-state index is 10.7. The summed E-state index contributed by atoms with van der Waals surface area (Å²) in [7, 11) is 5.57. The van der Waals surface area contributed by atoms with E-state index in [4.69, 9.17) is 4.74 Å². The molecule has 0 aliphatic heterocycles. The van der Waals surface area contributed by atoms with Gasteiger partial charge < -0.3 is 14.7 Å². The highest BCUT2D eigenvalue weighted by molar-refractivity contribution is 5.47. The van der Waals surface area contributed by atoms with E-state index in [2.05, 4.69) is 5.10 Å². The molecule has 114 valence electrons. The third kappa shape index (κ3) is 3.03. The van der Waals surface area contributed by atoms with Gasteiger partial charge in [-0.25, -0.2) is 0 Å². The summed E-state index contributed by atoms with van der Waals surface area (Å²) >= 11 is 0. The van der Waals surface area contributed by atoms with Gasteiger partial charge in [0, 0.05) is 25.8 Å². The van der Waals surface area contributed by atoms with Crippen LogP contribution in [0.3, 0.4) is 0 Å². The summed E-state index contributed by atoms with van der Waals surface area (Å²) in [6.07, 6.45) is 0.883. The third-order valence-corrected chi connectivity index (χ3v) is 3.49. The maximum absolute atomic E-state index is 10.7. The minimum atomic E-state index is -0.763. The van der Waals surface area contributed by atoms with Gasteiger partial charge in [-0.15, -0.1) is 0 Å². The van der Waals surface area contributed by atoms with Crippen LogP contribution in [0.4, 0.5) is 5.69 Å². The Bertz CT molecular complexity index is 588. The summed E-state index contributed by atoms with van der Waals surface area (Å²) in [5, 5.41) is 15.0. The lowest BCUT2D eigenvalue weighted by Crippen LogP contribution is -2.13. The Balaban J connectivity index is 2.39. The second-order valence-corrected chi connectivity index (χ2v) is 5.52. The lowest BCUT2D eigenvalue weighted by molar-refractivity contribution is 0.199. The van der Waals surface area contributed by atoms with Gasteiger partial charge in [-0.1, -0.05) is 12.1 Å².